The smallest absolute Gasteiger partial charge is 0.303 e. The van der Waals surface area contributed by atoms with Gasteiger partial charge in [-0.1, -0.05) is 6.07 Å². The SMILES string of the molecule is Cc1cc(C(N)=O)ccc1CN1CC(CC(=O)O)C1. The summed E-state index contributed by atoms with van der Waals surface area (Å²) in [4.78, 5) is 23.8. The van der Waals surface area contributed by atoms with E-state index in [4.69, 9.17) is 10.8 Å². The summed E-state index contributed by atoms with van der Waals surface area (Å²) in [5.41, 5.74) is 7.94. The van der Waals surface area contributed by atoms with Gasteiger partial charge in [-0.3, -0.25) is 14.5 Å². The Morgan fingerprint density at radius 1 is 1.42 bits per heavy atom. The number of carboxylic acids is 1. The average molecular weight is 262 g/mol. The molecule has 3 N–H and O–H groups in total. The fraction of sp³-hybridized carbons (Fsp3) is 0.429. The molecule has 5 heteroatoms. The van der Waals surface area contributed by atoms with Crippen molar-refractivity contribution >= 4 is 11.9 Å². The number of likely N-dealkylation sites (tertiary alicyclic amines) is 1. The van der Waals surface area contributed by atoms with E-state index in [2.05, 4.69) is 4.90 Å². The van der Waals surface area contributed by atoms with E-state index >= 15 is 0 Å². The lowest BCUT2D eigenvalue weighted by Crippen LogP contribution is -2.46. The summed E-state index contributed by atoms with van der Waals surface area (Å²) in [6, 6.07) is 5.45. The van der Waals surface area contributed by atoms with Crippen LogP contribution in [-0.2, 0) is 11.3 Å². The minimum absolute atomic E-state index is 0.246. The minimum Gasteiger partial charge on any atom is -0.481 e. The van der Waals surface area contributed by atoms with Gasteiger partial charge in [0.25, 0.3) is 0 Å². The number of carboxylic acid groups (broad SMARTS) is 1. The highest BCUT2D eigenvalue weighted by Gasteiger charge is 2.28. The predicted molar refractivity (Wildman–Crippen MR) is 70.7 cm³/mol. The molecule has 5 nitrogen and oxygen atoms in total. The van der Waals surface area contributed by atoms with Crippen LogP contribution in [0, 0.1) is 12.8 Å². The summed E-state index contributed by atoms with van der Waals surface area (Å²) in [5.74, 6) is -0.880. The number of nitrogens with two attached hydrogens (primary N) is 1. The van der Waals surface area contributed by atoms with Crippen molar-refractivity contribution in [2.45, 2.75) is 19.9 Å². The molecule has 19 heavy (non-hydrogen) atoms. The molecule has 0 aromatic heterocycles. The molecular weight excluding hydrogens is 244 g/mol. The summed E-state index contributed by atoms with van der Waals surface area (Å²) in [7, 11) is 0. The van der Waals surface area contributed by atoms with Gasteiger partial charge in [0.2, 0.25) is 5.91 Å². The van der Waals surface area contributed by atoms with Crippen molar-refractivity contribution in [1.29, 1.82) is 0 Å². The van der Waals surface area contributed by atoms with Crippen molar-refractivity contribution in [3.63, 3.8) is 0 Å². The molecule has 0 unspecified atom stereocenters. The summed E-state index contributed by atoms with van der Waals surface area (Å²) < 4.78 is 0. The number of primary amides is 1. The Kier molecular flexibility index (Phi) is 3.85. The number of carbonyl (C=O) groups is 2. The Labute approximate surface area is 112 Å². The third-order valence-corrected chi connectivity index (χ3v) is 3.52. The number of nitrogens with zero attached hydrogens (tertiary/aromatic N) is 1. The molecule has 102 valence electrons. The summed E-state index contributed by atoms with van der Waals surface area (Å²) in [6.07, 6.45) is 0.246. The quantitative estimate of drug-likeness (QED) is 0.829. The Hall–Kier alpha value is -1.88. The second kappa shape index (κ2) is 5.40. The Morgan fingerprint density at radius 2 is 2.11 bits per heavy atom. The Morgan fingerprint density at radius 3 is 2.63 bits per heavy atom. The number of hydrogen-bond donors (Lipinski definition) is 2. The minimum atomic E-state index is -0.730. The van der Waals surface area contributed by atoms with E-state index in [1.807, 2.05) is 13.0 Å². The lowest BCUT2D eigenvalue weighted by atomic mass is 9.95. The van der Waals surface area contributed by atoms with E-state index in [0.717, 1.165) is 30.8 Å². The van der Waals surface area contributed by atoms with E-state index in [1.165, 1.54) is 0 Å². The molecule has 1 aliphatic rings. The zero-order valence-corrected chi connectivity index (χ0v) is 10.9. The summed E-state index contributed by atoms with van der Waals surface area (Å²) >= 11 is 0. The molecule has 1 heterocycles. The second-order valence-corrected chi connectivity index (χ2v) is 5.16. The Balaban J connectivity index is 1.91. The fourth-order valence-corrected chi connectivity index (χ4v) is 2.45. The first-order chi connectivity index (χ1) is 8.95. The maximum atomic E-state index is 11.1. The third kappa shape index (κ3) is 3.32. The van der Waals surface area contributed by atoms with Gasteiger partial charge in [0.1, 0.15) is 0 Å². The van der Waals surface area contributed by atoms with Gasteiger partial charge < -0.3 is 10.8 Å². The number of benzene rings is 1. The standard InChI is InChI=1S/C14H18N2O3/c1-9-4-11(14(15)19)2-3-12(9)8-16-6-10(7-16)5-13(17)18/h2-4,10H,5-8H2,1H3,(H2,15,19)(H,17,18). The van der Waals surface area contributed by atoms with E-state index in [-0.39, 0.29) is 12.3 Å². The van der Waals surface area contributed by atoms with Crippen molar-refractivity contribution in [1.82, 2.24) is 4.90 Å². The monoisotopic (exact) mass is 262 g/mol. The molecule has 2 rings (SSSR count). The van der Waals surface area contributed by atoms with E-state index in [9.17, 15) is 9.59 Å². The van der Waals surface area contributed by atoms with Crippen molar-refractivity contribution in [2.75, 3.05) is 13.1 Å². The van der Waals surface area contributed by atoms with E-state index in [1.54, 1.807) is 12.1 Å². The molecule has 0 spiro atoms. The first-order valence-corrected chi connectivity index (χ1v) is 6.29. The molecular formula is C14H18N2O3. The largest absolute Gasteiger partial charge is 0.481 e. The van der Waals surface area contributed by atoms with Crippen molar-refractivity contribution < 1.29 is 14.7 Å². The van der Waals surface area contributed by atoms with Crippen LogP contribution < -0.4 is 5.73 Å². The highest BCUT2D eigenvalue weighted by molar-refractivity contribution is 5.93. The lowest BCUT2D eigenvalue weighted by Gasteiger charge is -2.38. The van der Waals surface area contributed by atoms with Crippen molar-refractivity contribution in [3.05, 3.63) is 34.9 Å². The normalized spacial score (nSPS) is 16.1. The van der Waals surface area contributed by atoms with Crippen LogP contribution in [0.5, 0.6) is 0 Å². The lowest BCUT2D eigenvalue weighted by molar-refractivity contribution is -0.139. The zero-order valence-electron chi connectivity index (χ0n) is 10.9. The molecule has 1 fully saturated rings. The molecule has 1 aliphatic heterocycles. The molecule has 1 aromatic rings. The molecule has 1 amide bonds. The van der Waals surface area contributed by atoms with Gasteiger partial charge in [-0.05, 0) is 36.1 Å². The number of amides is 1. The zero-order chi connectivity index (χ0) is 14.0. The maximum absolute atomic E-state index is 11.1. The first-order valence-electron chi connectivity index (χ1n) is 6.29. The van der Waals surface area contributed by atoms with Gasteiger partial charge in [0.15, 0.2) is 0 Å². The third-order valence-electron chi connectivity index (χ3n) is 3.52. The maximum Gasteiger partial charge on any atom is 0.303 e. The predicted octanol–water partition coefficient (Wildman–Crippen LogP) is 1.00. The van der Waals surface area contributed by atoms with Gasteiger partial charge >= 0.3 is 5.97 Å². The number of rotatable bonds is 5. The van der Waals surface area contributed by atoms with Gasteiger partial charge in [0, 0.05) is 25.2 Å². The summed E-state index contributed by atoms with van der Waals surface area (Å²) in [5, 5.41) is 8.69. The second-order valence-electron chi connectivity index (χ2n) is 5.16. The van der Waals surface area contributed by atoms with E-state index < -0.39 is 11.9 Å². The summed E-state index contributed by atoms with van der Waals surface area (Å²) in [6.45, 7) is 4.39. The number of aryl methyl sites for hydroxylation is 1. The number of aliphatic carboxylic acids is 1. The van der Waals surface area contributed by atoms with Crippen LogP contribution >= 0.6 is 0 Å². The molecule has 0 aliphatic carbocycles. The van der Waals surface area contributed by atoms with Crippen LogP contribution in [0.15, 0.2) is 18.2 Å². The highest BCUT2D eigenvalue weighted by atomic mass is 16.4. The van der Waals surface area contributed by atoms with Crippen molar-refractivity contribution in [3.8, 4) is 0 Å². The highest BCUT2D eigenvalue weighted by Crippen LogP contribution is 2.23. The molecule has 0 saturated carbocycles. The average Bonchev–Trinajstić information content (AvgIpc) is 2.27. The van der Waals surface area contributed by atoms with Gasteiger partial charge in [-0.25, -0.2) is 0 Å². The van der Waals surface area contributed by atoms with Gasteiger partial charge in [0.05, 0.1) is 6.42 Å². The molecule has 0 bridgehead atoms. The van der Waals surface area contributed by atoms with Gasteiger partial charge in [-0.2, -0.15) is 0 Å². The Bertz CT molecular complexity index is 507. The van der Waals surface area contributed by atoms with Crippen LogP contribution in [0.2, 0.25) is 0 Å². The van der Waals surface area contributed by atoms with Crippen LogP contribution in [0.4, 0.5) is 0 Å². The molecule has 0 radical (unpaired) electrons. The van der Waals surface area contributed by atoms with Gasteiger partial charge in [-0.15, -0.1) is 0 Å². The van der Waals surface area contributed by atoms with Crippen LogP contribution in [0.1, 0.15) is 27.9 Å². The molecule has 0 atom stereocenters. The van der Waals surface area contributed by atoms with Crippen LogP contribution in [0.3, 0.4) is 0 Å². The topological polar surface area (TPSA) is 83.6 Å². The number of hydrogen-bond acceptors (Lipinski definition) is 3. The number of carbonyl (C=O) groups excluding carboxylic acids is 1. The molecule has 1 saturated heterocycles. The first kappa shape index (κ1) is 13.5. The van der Waals surface area contributed by atoms with E-state index in [0.29, 0.717) is 5.56 Å². The van der Waals surface area contributed by atoms with Crippen LogP contribution in [0.25, 0.3) is 0 Å². The molecule has 1 aromatic carbocycles. The van der Waals surface area contributed by atoms with Crippen molar-refractivity contribution in [2.24, 2.45) is 11.7 Å². The van der Waals surface area contributed by atoms with Crippen LogP contribution in [-0.4, -0.2) is 35.0 Å². The fourth-order valence-electron chi connectivity index (χ4n) is 2.45.